The molecule has 2 atom stereocenters. The number of para-hydroxylation sites is 1. The number of rotatable bonds is 3. The largest absolute Gasteiger partial charge is 0.309 e. The van der Waals surface area contributed by atoms with E-state index in [0.29, 0.717) is 0 Å². The number of fused-ring (bicyclic) bond motifs is 6. The quantitative estimate of drug-likeness (QED) is 0.185. The van der Waals surface area contributed by atoms with Crippen molar-refractivity contribution in [2.24, 2.45) is 5.92 Å². The van der Waals surface area contributed by atoms with Gasteiger partial charge in [0.25, 0.3) is 0 Å². The Hall–Kier alpha value is -5.14. The molecule has 0 spiro atoms. The van der Waals surface area contributed by atoms with Gasteiger partial charge in [-0.25, -0.2) is 0 Å². The molecule has 0 aliphatic heterocycles. The SMILES string of the molecule is CC1C=CC=CC1.Cc1ccccc1-c1cc(-n2c3c(c4ccccc42)CCC2=C3c3ccccc3C2(C)c2ccccc2)ccc1C. The molecule has 0 radical (unpaired) electrons. The van der Waals surface area contributed by atoms with Gasteiger partial charge >= 0.3 is 0 Å². The van der Waals surface area contributed by atoms with Crippen LogP contribution in [0.1, 0.15) is 65.8 Å². The van der Waals surface area contributed by atoms with Gasteiger partial charge in [0.15, 0.2) is 0 Å². The zero-order valence-electron chi connectivity index (χ0n) is 28.5. The molecule has 1 nitrogen and oxygen atoms in total. The van der Waals surface area contributed by atoms with E-state index in [1.54, 1.807) is 5.57 Å². The average Bonchev–Trinajstić information content (AvgIpc) is 3.60. The maximum Gasteiger partial charge on any atom is 0.0579 e. The second-order valence-electron chi connectivity index (χ2n) is 13.9. The minimum atomic E-state index is -0.147. The molecule has 0 saturated carbocycles. The minimum Gasteiger partial charge on any atom is -0.309 e. The van der Waals surface area contributed by atoms with Crippen LogP contribution in [0.3, 0.4) is 0 Å². The lowest BCUT2D eigenvalue weighted by molar-refractivity contribution is 0.647. The van der Waals surface area contributed by atoms with Crippen molar-refractivity contribution < 1.29 is 0 Å². The summed E-state index contributed by atoms with van der Waals surface area (Å²) in [7, 11) is 0. The van der Waals surface area contributed by atoms with E-state index in [4.69, 9.17) is 0 Å². The first-order valence-corrected chi connectivity index (χ1v) is 17.5. The van der Waals surface area contributed by atoms with Crippen molar-refractivity contribution in [1.29, 1.82) is 0 Å². The van der Waals surface area contributed by atoms with Crippen molar-refractivity contribution in [2.75, 3.05) is 0 Å². The summed E-state index contributed by atoms with van der Waals surface area (Å²) in [5, 5.41) is 1.37. The molecule has 1 heterocycles. The Bertz CT molecular complexity index is 2260. The summed E-state index contributed by atoms with van der Waals surface area (Å²) in [5.41, 5.74) is 17.6. The molecule has 2 unspecified atom stereocenters. The van der Waals surface area contributed by atoms with E-state index in [-0.39, 0.29) is 5.41 Å². The molecule has 1 aromatic heterocycles. The minimum absolute atomic E-state index is 0.147. The molecule has 0 N–H and O–H groups in total. The second-order valence-corrected chi connectivity index (χ2v) is 13.9. The lowest BCUT2D eigenvalue weighted by atomic mass is 9.71. The van der Waals surface area contributed by atoms with Gasteiger partial charge in [0.2, 0.25) is 0 Å². The molecule has 236 valence electrons. The van der Waals surface area contributed by atoms with Crippen LogP contribution in [0.4, 0.5) is 0 Å². The number of aryl methyl sites for hydroxylation is 3. The first kappa shape index (κ1) is 30.2. The van der Waals surface area contributed by atoms with Gasteiger partial charge in [0.1, 0.15) is 0 Å². The fourth-order valence-electron chi connectivity index (χ4n) is 8.42. The van der Waals surface area contributed by atoms with Gasteiger partial charge in [-0.15, -0.1) is 0 Å². The van der Waals surface area contributed by atoms with Crippen LogP contribution >= 0.6 is 0 Å². The summed E-state index contributed by atoms with van der Waals surface area (Å²) in [6.45, 7) is 9.11. The second kappa shape index (κ2) is 12.1. The van der Waals surface area contributed by atoms with E-state index in [1.807, 2.05) is 0 Å². The summed E-state index contributed by atoms with van der Waals surface area (Å²) in [5.74, 6) is 0.769. The van der Waals surface area contributed by atoms with E-state index in [1.165, 1.54) is 78.8 Å². The van der Waals surface area contributed by atoms with Crippen molar-refractivity contribution in [3.05, 3.63) is 190 Å². The number of benzene rings is 5. The van der Waals surface area contributed by atoms with Gasteiger partial charge in [-0.3, -0.25) is 0 Å². The van der Waals surface area contributed by atoms with Gasteiger partial charge in [-0.05, 0) is 114 Å². The molecule has 3 aliphatic carbocycles. The topological polar surface area (TPSA) is 4.93 Å². The zero-order valence-corrected chi connectivity index (χ0v) is 28.5. The summed E-state index contributed by atoms with van der Waals surface area (Å²) in [6.07, 6.45) is 12.0. The highest BCUT2D eigenvalue weighted by atomic mass is 15.0. The first-order chi connectivity index (χ1) is 23.5. The van der Waals surface area contributed by atoms with E-state index in [2.05, 4.69) is 178 Å². The van der Waals surface area contributed by atoms with E-state index < -0.39 is 0 Å². The predicted molar refractivity (Wildman–Crippen MR) is 204 cm³/mol. The third kappa shape index (κ3) is 4.84. The molecule has 0 bridgehead atoms. The van der Waals surface area contributed by atoms with Crippen LogP contribution < -0.4 is 0 Å². The molecule has 48 heavy (non-hydrogen) atoms. The number of hydrogen-bond donors (Lipinski definition) is 0. The molecule has 3 aliphatic rings. The van der Waals surface area contributed by atoms with Crippen LogP contribution in [0.2, 0.25) is 0 Å². The smallest absolute Gasteiger partial charge is 0.0579 e. The van der Waals surface area contributed by atoms with Crippen LogP contribution in [0.5, 0.6) is 0 Å². The van der Waals surface area contributed by atoms with Gasteiger partial charge in [-0.1, -0.05) is 134 Å². The molecular formula is C47H43N. The third-order valence-electron chi connectivity index (χ3n) is 10.9. The summed E-state index contributed by atoms with van der Waals surface area (Å²) < 4.78 is 2.56. The van der Waals surface area contributed by atoms with Crippen molar-refractivity contribution in [1.82, 2.24) is 4.57 Å². The standard InChI is InChI=1S/C40H33N.C7H10/c1-26-13-7-8-16-30(26)34-25-29(22-21-27(34)2)41-37-20-12-10-17-31(37)32-23-24-36-38(39(32)41)33-18-9-11-19-35(33)40(36,3)28-14-5-4-6-15-28;1-7-5-3-2-4-6-7/h4-22,25H,23-24H2,1-3H3;2-5,7H,6H2,1H3. The van der Waals surface area contributed by atoms with Crippen LogP contribution in [-0.2, 0) is 11.8 Å². The fourth-order valence-corrected chi connectivity index (χ4v) is 8.42. The van der Waals surface area contributed by atoms with Gasteiger partial charge < -0.3 is 4.57 Å². The van der Waals surface area contributed by atoms with E-state index >= 15 is 0 Å². The van der Waals surface area contributed by atoms with Crippen LogP contribution in [-0.4, -0.2) is 4.57 Å². The molecule has 9 rings (SSSR count). The molecule has 5 aromatic carbocycles. The number of hydrogen-bond acceptors (Lipinski definition) is 0. The average molecular weight is 622 g/mol. The highest BCUT2D eigenvalue weighted by Crippen LogP contribution is 2.57. The van der Waals surface area contributed by atoms with Crippen molar-refractivity contribution in [3.8, 4) is 16.8 Å². The van der Waals surface area contributed by atoms with Gasteiger partial charge in [0, 0.05) is 22.1 Å². The molecule has 0 amide bonds. The molecule has 6 aromatic rings. The Morgan fingerprint density at radius 3 is 2.12 bits per heavy atom. The number of allylic oxidation sites excluding steroid dienone is 5. The lowest BCUT2D eigenvalue weighted by Gasteiger charge is -2.32. The van der Waals surface area contributed by atoms with Crippen molar-refractivity contribution >= 4 is 16.5 Å². The van der Waals surface area contributed by atoms with Crippen LogP contribution in [0.15, 0.2) is 151 Å². The highest BCUT2D eigenvalue weighted by Gasteiger charge is 2.45. The molecular weight excluding hydrogens is 579 g/mol. The molecule has 0 fully saturated rings. The third-order valence-corrected chi connectivity index (χ3v) is 10.9. The summed E-state index contributed by atoms with van der Waals surface area (Å²) in [6, 6.07) is 45.0. The van der Waals surface area contributed by atoms with E-state index in [0.717, 1.165) is 18.8 Å². The van der Waals surface area contributed by atoms with E-state index in [9.17, 15) is 0 Å². The maximum atomic E-state index is 2.56. The highest BCUT2D eigenvalue weighted by molar-refractivity contribution is 6.00. The number of aromatic nitrogens is 1. The Morgan fingerprint density at radius 1 is 0.667 bits per heavy atom. The Labute approximate surface area is 285 Å². The fraction of sp³-hybridized carbons (Fsp3) is 0.191. The maximum absolute atomic E-state index is 2.56. The summed E-state index contributed by atoms with van der Waals surface area (Å²) in [4.78, 5) is 0. The Kier molecular flexibility index (Phi) is 7.64. The monoisotopic (exact) mass is 621 g/mol. The van der Waals surface area contributed by atoms with Gasteiger partial charge in [0.05, 0.1) is 11.2 Å². The van der Waals surface area contributed by atoms with Crippen molar-refractivity contribution in [3.63, 3.8) is 0 Å². The molecule has 1 heteroatoms. The molecule has 0 saturated heterocycles. The summed E-state index contributed by atoms with van der Waals surface area (Å²) >= 11 is 0. The predicted octanol–water partition coefficient (Wildman–Crippen LogP) is 12.1. The lowest BCUT2D eigenvalue weighted by Crippen LogP contribution is -2.25. The van der Waals surface area contributed by atoms with Crippen LogP contribution in [0.25, 0.3) is 33.3 Å². The Morgan fingerprint density at radius 2 is 1.38 bits per heavy atom. The zero-order chi connectivity index (χ0) is 32.8. The first-order valence-electron chi connectivity index (χ1n) is 17.5. The van der Waals surface area contributed by atoms with Gasteiger partial charge in [-0.2, -0.15) is 0 Å². The Balaban J connectivity index is 0.000000429. The number of nitrogens with zero attached hydrogens (tertiary/aromatic N) is 1. The van der Waals surface area contributed by atoms with Crippen LogP contribution in [0, 0.1) is 19.8 Å². The normalized spacial score (nSPS) is 19.0. The van der Waals surface area contributed by atoms with Crippen molar-refractivity contribution in [2.45, 2.75) is 52.4 Å².